The number of carbonyl (C=O) groups is 1. The highest BCUT2D eigenvalue weighted by Gasteiger charge is 2.07. The van der Waals surface area contributed by atoms with Gasteiger partial charge in [-0.05, 0) is 12.1 Å². The van der Waals surface area contributed by atoms with E-state index in [2.05, 4.69) is 10.1 Å². The van der Waals surface area contributed by atoms with E-state index in [1.54, 1.807) is 24.3 Å². The van der Waals surface area contributed by atoms with Crippen LogP contribution in [0.3, 0.4) is 0 Å². The fourth-order valence-corrected chi connectivity index (χ4v) is 1.31. The highest BCUT2D eigenvalue weighted by Crippen LogP contribution is 2.10. The second-order valence-corrected chi connectivity index (χ2v) is 3.84. The molecule has 7 heteroatoms. The number of alkyl halides is 2. The first kappa shape index (κ1) is 14.5. The van der Waals surface area contributed by atoms with Crippen molar-refractivity contribution in [2.75, 3.05) is 18.5 Å². The van der Waals surface area contributed by atoms with Crippen LogP contribution in [0.2, 0.25) is 0 Å². The third-order valence-corrected chi connectivity index (χ3v) is 2.14. The molecule has 0 aliphatic carbocycles. The minimum absolute atomic E-state index is 0.208. The Balaban J connectivity index is 2.49. The first-order valence-corrected chi connectivity index (χ1v) is 5.45. The summed E-state index contributed by atoms with van der Waals surface area (Å²) in [7, 11) is 0. The van der Waals surface area contributed by atoms with Crippen molar-refractivity contribution in [1.29, 1.82) is 0 Å². The van der Waals surface area contributed by atoms with Crippen LogP contribution in [-0.2, 0) is 9.53 Å². The van der Waals surface area contributed by atoms with Gasteiger partial charge in [0.2, 0.25) is 5.91 Å². The van der Waals surface area contributed by atoms with Crippen LogP contribution in [0.25, 0.3) is 0 Å². The van der Waals surface area contributed by atoms with Crippen LogP contribution >= 0.6 is 12.2 Å². The molecule has 98 valence electrons. The lowest BCUT2D eigenvalue weighted by Crippen LogP contribution is -2.20. The number of rotatable bonds is 6. The van der Waals surface area contributed by atoms with E-state index in [9.17, 15) is 13.6 Å². The number of hydrogen-bond donors (Lipinski definition) is 2. The van der Waals surface area contributed by atoms with Gasteiger partial charge in [-0.3, -0.25) is 4.79 Å². The van der Waals surface area contributed by atoms with Crippen molar-refractivity contribution in [2.45, 2.75) is 6.43 Å². The molecule has 0 saturated heterocycles. The van der Waals surface area contributed by atoms with E-state index >= 15 is 0 Å². The molecule has 3 N–H and O–H groups in total. The van der Waals surface area contributed by atoms with Crippen molar-refractivity contribution >= 4 is 28.8 Å². The highest BCUT2D eigenvalue weighted by molar-refractivity contribution is 7.80. The second-order valence-electron chi connectivity index (χ2n) is 3.40. The molecule has 0 radical (unpaired) electrons. The van der Waals surface area contributed by atoms with Gasteiger partial charge in [0, 0.05) is 11.3 Å². The van der Waals surface area contributed by atoms with Crippen molar-refractivity contribution < 1.29 is 18.3 Å². The third-order valence-electron chi connectivity index (χ3n) is 1.91. The van der Waals surface area contributed by atoms with Gasteiger partial charge in [0.15, 0.2) is 0 Å². The molecule has 4 nitrogen and oxygen atoms in total. The molecule has 0 aromatic heterocycles. The van der Waals surface area contributed by atoms with Crippen LogP contribution in [0.4, 0.5) is 14.5 Å². The Kier molecular flexibility index (Phi) is 5.60. The Hall–Kier alpha value is -1.60. The smallest absolute Gasteiger partial charge is 0.261 e. The predicted molar refractivity (Wildman–Crippen MR) is 67.8 cm³/mol. The standard InChI is InChI=1S/C11H12F2N2O2S/c12-9(13)5-17-6-10(16)15-8-3-1-2-7(4-8)11(14)18/h1-4,9H,5-6H2,(H2,14,18)(H,15,16). The average Bonchev–Trinajstić information content (AvgIpc) is 2.28. The zero-order chi connectivity index (χ0) is 13.5. The number of carbonyl (C=O) groups excluding carboxylic acids is 1. The van der Waals surface area contributed by atoms with Crippen LogP contribution in [0.5, 0.6) is 0 Å². The van der Waals surface area contributed by atoms with Crippen molar-refractivity contribution in [2.24, 2.45) is 5.73 Å². The van der Waals surface area contributed by atoms with Crippen LogP contribution in [-0.4, -0.2) is 30.5 Å². The van der Waals surface area contributed by atoms with Crippen LogP contribution in [0.15, 0.2) is 24.3 Å². The lowest BCUT2D eigenvalue weighted by Gasteiger charge is -2.07. The fourth-order valence-electron chi connectivity index (χ4n) is 1.19. The van der Waals surface area contributed by atoms with Crippen LogP contribution in [0.1, 0.15) is 5.56 Å². The molecule has 0 bridgehead atoms. The molecule has 0 spiro atoms. The number of benzene rings is 1. The lowest BCUT2D eigenvalue weighted by molar-refractivity contribution is -0.121. The number of ether oxygens (including phenoxy) is 1. The maximum atomic E-state index is 11.8. The highest BCUT2D eigenvalue weighted by atomic mass is 32.1. The predicted octanol–water partition coefficient (Wildman–Crippen LogP) is 1.54. The van der Waals surface area contributed by atoms with Gasteiger partial charge in [-0.2, -0.15) is 0 Å². The maximum Gasteiger partial charge on any atom is 0.261 e. The summed E-state index contributed by atoms with van der Waals surface area (Å²) in [5.41, 5.74) is 6.52. The summed E-state index contributed by atoms with van der Waals surface area (Å²) >= 11 is 4.79. The van der Waals surface area contributed by atoms with E-state index < -0.39 is 25.5 Å². The van der Waals surface area contributed by atoms with Gasteiger partial charge in [0.25, 0.3) is 6.43 Å². The largest absolute Gasteiger partial charge is 0.389 e. The molecule has 0 saturated carbocycles. The molecule has 1 rings (SSSR count). The van der Waals surface area contributed by atoms with E-state index in [4.69, 9.17) is 18.0 Å². The van der Waals surface area contributed by atoms with E-state index in [1.807, 2.05) is 0 Å². The summed E-state index contributed by atoms with van der Waals surface area (Å²) in [4.78, 5) is 11.5. The normalized spacial score (nSPS) is 10.4. The van der Waals surface area contributed by atoms with E-state index in [0.717, 1.165) is 0 Å². The van der Waals surface area contributed by atoms with Crippen molar-refractivity contribution in [1.82, 2.24) is 0 Å². The molecule has 0 unspecified atom stereocenters. The van der Waals surface area contributed by atoms with Crippen molar-refractivity contribution in [3.05, 3.63) is 29.8 Å². The Morgan fingerprint density at radius 1 is 1.50 bits per heavy atom. The van der Waals surface area contributed by atoms with E-state index in [1.165, 1.54) is 0 Å². The molecule has 18 heavy (non-hydrogen) atoms. The number of halogens is 2. The second kappa shape index (κ2) is 6.97. The van der Waals surface area contributed by atoms with Gasteiger partial charge in [-0.1, -0.05) is 24.4 Å². The molecule has 0 aliphatic rings. The first-order chi connectivity index (χ1) is 8.49. The minimum atomic E-state index is -2.59. The van der Waals surface area contributed by atoms with Crippen LogP contribution < -0.4 is 11.1 Å². The summed E-state index contributed by atoms with van der Waals surface area (Å²) in [5, 5.41) is 2.49. The topological polar surface area (TPSA) is 64.3 Å². The molecule has 1 aromatic rings. The summed E-state index contributed by atoms with van der Waals surface area (Å²) in [6.07, 6.45) is -2.59. The van der Waals surface area contributed by atoms with E-state index in [-0.39, 0.29) is 4.99 Å². The average molecular weight is 274 g/mol. The molecule has 1 amide bonds. The van der Waals surface area contributed by atoms with Crippen LogP contribution in [0, 0.1) is 0 Å². The number of hydrogen-bond acceptors (Lipinski definition) is 3. The number of amides is 1. The first-order valence-electron chi connectivity index (χ1n) is 5.04. The molecular formula is C11H12F2N2O2S. The molecule has 0 fully saturated rings. The maximum absolute atomic E-state index is 11.8. The monoisotopic (exact) mass is 274 g/mol. The van der Waals surface area contributed by atoms with E-state index in [0.29, 0.717) is 11.3 Å². The van der Waals surface area contributed by atoms with Crippen molar-refractivity contribution in [3.63, 3.8) is 0 Å². The summed E-state index contributed by atoms with van der Waals surface area (Å²) in [5.74, 6) is -0.518. The molecule has 0 aliphatic heterocycles. The Labute approximate surface area is 108 Å². The molecule has 0 heterocycles. The minimum Gasteiger partial charge on any atom is -0.389 e. The number of nitrogens with two attached hydrogens (primary N) is 1. The molecule has 0 atom stereocenters. The van der Waals surface area contributed by atoms with Gasteiger partial charge in [-0.15, -0.1) is 0 Å². The fraction of sp³-hybridized carbons (Fsp3) is 0.273. The Bertz CT molecular complexity index is 441. The van der Waals surface area contributed by atoms with Gasteiger partial charge in [0.05, 0.1) is 0 Å². The quantitative estimate of drug-likeness (QED) is 0.772. The van der Waals surface area contributed by atoms with Gasteiger partial charge in [-0.25, -0.2) is 8.78 Å². The summed E-state index contributed by atoms with van der Waals surface area (Å²) in [6.45, 7) is -1.19. The van der Waals surface area contributed by atoms with Crippen molar-refractivity contribution in [3.8, 4) is 0 Å². The van der Waals surface area contributed by atoms with Gasteiger partial charge >= 0.3 is 0 Å². The number of nitrogens with one attached hydrogen (secondary N) is 1. The van der Waals surface area contributed by atoms with Gasteiger partial charge < -0.3 is 15.8 Å². The number of thiocarbonyl (C=S) groups is 1. The zero-order valence-electron chi connectivity index (χ0n) is 9.36. The zero-order valence-corrected chi connectivity index (χ0v) is 10.2. The summed E-state index contributed by atoms with van der Waals surface area (Å²) in [6, 6.07) is 6.59. The molecular weight excluding hydrogens is 262 g/mol. The third kappa shape index (κ3) is 5.15. The Morgan fingerprint density at radius 2 is 2.22 bits per heavy atom. The Morgan fingerprint density at radius 3 is 2.83 bits per heavy atom. The molecule has 1 aromatic carbocycles. The lowest BCUT2D eigenvalue weighted by atomic mass is 10.2. The van der Waals surface area contributed by atoms with Gasteiger partial charge in [0.1, 0.15) is 18.2 Å². The SMILES string of the molecule is NC(=S)c1cccc(NC(=O)COCC(F)F)c1. The summed E-state index contributed by atoms with van der Waals surface area (Å²) < 4.78 is 28.0. The number of anilines is 1.